The lowest BCUT2D eigenvalue weighted by Gasteiger charge is -2.31. The van der Waals surface area contributed by atoms with E-state index >= 15 is 0 Å². The van der Waals surface area contributed by atoms with Crippen LogP contribution in [-0.2, 0) is 0 Å². The van der Waals surface area contributed by atoms with Gasteiger partial charge in [-0.05, 0) is 31.1 Å². The summed E-state index contributed by atoms with van der Waals surface area (Å²) in [6.45, 7) is 3.98. The highest BCUT2D eigenvalue weighted by atomic mass is 16.2. The number of amides is 1. The fourth-order valence-corrected chi connectivity index (χ4v) is 2.90. The zero-order chi connectivity index (χ0) is 13.1. The summed E-state index contributed by atoms with van der Waals surface area (Å²) in [5.41, 5.74) is 2.23. The average Bonchev–Trinajstić information content (AvgIpc) is 3.02. The van der Waals surface area contributed by atoms with Gasteiger partial charge in [-0.3, -0.25) is 4.79 Å². The van der Waals surface area contributed by atoms with E-state index < -0.39 is 0 Å². The molecule has 19 heavy (non-hydrogen) atoms. The maximum absolute atomic E-state index is 12.3. The van der Waals surface area contributed by atoms with E-state index in [9.17, 15) is 4.79 Å². The van der Waals surface area contributed by atoms with Crippen molar-refractivity contribution in [3.63, 3.8) is 0 Å². The van der Waals surface area contributed by atoms with Crippen LogP contribution in [0.25, 0.3) is 0 Å². The molecule has 1 aromatic rings. The molecule has 0 bridgehead atoms. The SMILES string of the molecule is O=C(c1ccccc1)N1CC=C(N2CCCC2)CC1. The molecule has 3 rings (SSSR count). The molecule has 2 aliphatic rings. The molecule has 3 heteroatoms. The zero-order valence-corrected chi connectivity index (χ0v) is 11.2. The molecule has 1 aromatic carbocycles. The second-order valence-electron chi connectivity index (χ2n) is 5.26. The van der Waals surface area contributed by atoms with Crippen LogP contribution in [0.5, 0.6) is 0 Å². The first-order valence-corrected chi connectivity index (χ1v) is 7.13. The lowest BCUT2D eigenvalue weighted by atomic mass is 10.1. The summed E-state index contributed by atoms with van der Waals surface area (Å²) < 4.78 is 0. The molecule has 1 amide bonds. The summed E-state index contributed by atoms with van der Waals surface area (Å²) in [5.74, 6) is 0.150. The normalized spacial score (nSPS) is 19.5. The quantitative estimate of drug-likeness (QED) is 0.811. The molecule has 0 radical (unpaired) electrons. The first-order valence-electron chi connectivity index (χ1n) is 7.13. The topological polar surface area (TPSA) is 23.6 Å². The number of rotatable bonds is 2. The molecular formula is C16H20N2O. The van der Waals surface area contributed by atoms with Gasteiger partial charge in [-0.2, -0.15) is 0 Å². The van der Waals surface area contributed by atoms with Gasteiger partial charge in [-0.25, -0.2) is 0 Å². The van der Waals surface area contributed by atoms with Crippen LogP contribution in [0.4, 0.5) is 0 Å². The highest BCUT2D eigenvalue weighted by Gasteiger charge is 2.22. The van der Waals surface area contributed by atoms with E-state index in [0.717, 1.165) is 25.1 Å². The highest BCUT2D eigenvalue weighted by molar-refractivity contribution is 5.94. The largest absolute Gasteiger partial charge is 0.375 e. The second kappa shape index (κ2) is 5.47. The summed E-state index contributed by atoms with van der Waals surface area (Å²) in [6.07, 6.45) is 5.85. The number of likely N-dealkylation sites (tertiary alicyclic amines) is 1. The first-order chi connectivity index (χ1) is 9.34. The number of carbonyl (C=O) groups excluding carboxylic acids is 1. The van der Waals surface area contributed by atoms with E-state index in [-0.39, 0.29) is 5.91 Å². The Bertz CT molecular complexity index is 475. The van der Waals surface area contributed by atoms with Crippen molar-refractivity contribution in [2.24, 2.45) is 0 Å². The van der Waals surface area contributed by atoms with Crippen LogP contribution < -0.4 is 0 Å². The van der Waals surface area contributed by atoms with E-state index in [2.05, 4.69) is 11.0 Å². The van der Waals surface area contributed by atoms with Gasteiger partial charge in [0.15, 0.2) is 0 Å². The van der Waals surface area contributed by atoms with Crippen molar-refractivity contribution < 1.29 is 4.79 Å². The van der Waals surface area contributed by atoms with Crippen molar-refractivity contribution in [1.82, 2.24) is 9.80 Å². The monoisotopic (exact) mass is 256 g/mol. The molecule has 2 aliphatic heterocycles. The van der Waals surface area contributed by atoms with Crippen LogP contribution in [0.2, 0.25) is 0 Å². The molecule has 0 atom stereocenters. The molecule has 3 nitrogen and oxygen atoms in total. The number of benzene rings is 1. The number of hydrogen-bond acceptors (Lipinski definition) is 2. The molecule has 0 N–H and O–H groups in total. The van der Waals surface area contributed by atoms with Crippen LogP contribution in [0, 0.1) is 0 Å². The van der Waals surface area contributed by atoms with Crippen LogP contribution in [0.3, 0.4) is 0 Å². The third-order valence-corrected chi connectivity index (χ3v) is 4.01. The molecule has 1 fully saturated rings. The Hall–Kier alpha value is -1.77. The predicted molar refractivity (Wildman–Crippen MR) is 75.9 cm³/mol. The molecule has 1 saturated heterocycles. The van der Waals surface area contributed by atoms with Crippen molar-refractivity contribution in [1.29, 1.82) is 0 Å². The van der Waals surface area contributed by atoms with Gasteiger partial charge < -0.3 is 9.80 Å². The van der Waals surface area contributed by atoms with Gasteiger partial charge in [-0.15, -0.1) is 0 Å². The third-order valence-electron chi connectivity index (χ3n) is 4.01. The van der Waals surface area contributed by atoms with Gasteiger partial charge in [0.05, 0.1) is 0 Å². The Morgan fingerprint density at radius 2 is 1.74 bits per heavy atom. The van der Waals surface area contributed by atoms with E-state index in [0.29, 0.717) is 0 Å². The summed E-state index contributed by atoms with van der Waals surface area (Å²) in [7, 11) is 0. The van der Waals surface area contributed by atoms with Crippen LogP contribution >= 0.6 is 0 Å². The van der Waals surface area contributed by atoms with Gasteiger partial charge >= 0.3 is 0 Å². The van der Waals surface area contributed by atoms with Crippen molar-refractivity contribution >= 4 is 5.91 Å². The van der Waals surface area contributed by atoms with E-state index in [4.69, 9.17) is 0 Å². The summed E-state index contributed by atoms with van der Waals surface area (Å²) in [6, 6.07) is 9.56. The summed E-state index contributed by atoms with van der Waals surface area (Å²) in [4.78, 5) is 16.7. The Labute approximate surface area is 114 Å². The second-order valence-corrected chi connectivity index (χ2v) is 5.26. The fourth-order valence-electron chi connectivity index (χ4n) is 2.90. The van der Waals surface area contributed by atoms with Gasteiger partial charge in [0, 0.05) is 43.9 Å². The fraction of sp³-hybridized carbons (Fsp3) is 0.438. The Kier molecular flexibility index (Phi) is 3.53. The minimum absolute atomic E-state index is 0.150. The summed E-state index contributed by atoms with van der Waals surface area (Å²) >= 11 is 0. The lowest BCUT2D eigenvalue weighted by Crippen LogP contribution is -2.37. The van der Waals surface area contributed by atoms with Crippen molar-refractivity contribution in [3.8, 4) is 0 Å². The molecule has 0 aromatic heterocycles. The molecular weight excluding hydrogens is 236 g/mol. The van der Waals surface area contributed by atoms with Crippen molar-refractivity contribution in [2.45, 2.75) is 19.3 Å². The van der Waals surface area contributed by atoms with Crippen LogP contribution in [-0.4, -0.2) is 41.9 Å². The Morgan fingerprint density at radius 1 is 1.00 bits per heavy atom. The molecule has 0 unspecified atom stereocenters. The van der Waals surface area contributed by atoms with Crippen molar-refractivity contribution in [3.05, 3.63) is 47.7 Å². The third kappa shape index (κ3) is 2.65. The van der Waals surface area contributed by atoms with Crippen LogP contribution in [0.15, 0.2) is 42.1 Å². The number of hydrogen-bond donors (Lipinski definition) is 0. The number of nitrogens with zero attached hydrogens (tertiary/aromatic N) is 2. The average molecular weight is 256 g/mol. The Balaban J connectivity index is 1.65. The predicted octanol–water partition coefficient (Wildman–Crippen LogP) is 2.51. The smallest absolute Gasteiger partial charge is 0.254 e. The zero-order valence-electron chi connectivity index (χ0n) is 11.2. The van der Waals surface area contributed by atoms with Crippen molar-refractivity contribution in [2.75, 3.05) is 26.2 Å². The minimum atomic E-state index is 0.150. The molecule has 2 heterocycles. The summed E-state index contributed by atoms with van der Waals surface area (Å²) in [5, 5.41) is 0. The first kappa shape index (κ1) is 12.3. The lowest BCUT2D eigenvalue weighted by molar-refractivity contribution is 0.0763. The van der Waals surface area contributed by atoms with Gasteiger partial charge in [0.1, 0.15) is 0 Å². The maximum Gasteiger partial charge on any atom is 0.254 e. The number of carbonyl (C=O) groups is 1. The van der Waals surface area contributed by atoms with Gasteiger partial charge in [-0.1, -0.05) is 18.2 Å². The molecule has 100 valence electrons. The molecule has 0 saturated carbocycles. The van der Waals surface area contributed by atoms with Gasteiger partial charge in [0.25, 0.3) is 5.91 Å². The van der Waals surface area contributed by atoms with E-state index in [1.165, 1.54) is 31.6 Å². The van der Waals surface area contributed by atoms with E-state index in [1.54, 1.807) is 0 Å². The van der Waals surface area contributed by atoms with E-state index in [1.807, 2.05) is 35.2 Å². The van der Waals surface area contributed by atoms with Gasteiger partial charge in [0.2, 0.25) is 0 Å². The van der Waals surface area contributed by atoms with Crippen LogP contribution in [0.1, 0.15) is 29.6 Å². The maximum atomic E-state index is 12.3. The standard InChI is InChI=1S/C16H20N2O/c19-16(14-6-2-1-3-7-14)18-12-8-15(9-13-18)17-10-4-5-11-17/h1-3,6-8H,4-5,9-13H2. The Morgan fingerprint density at radius 3 is 2.37 bits per heavy atom. The molecule has 0 aliphatic carbocycles. The minimum Gasteiger partial charge on any atom is -0.375 e. The molecule has 0 spiro atoms. The highest BCUT2D eigenvalue weighted by Crippen LogP contribution is 2.21.